The minimum absolute atomic E-state index is 0.346. The molecule has 0 radical (unpaired) electrons. The van der Waals surface area contributed by atoms with E-state index >= 15 is 0 Å². The number of carbonyl (C=O) groups excluding carboxylic acids is 1. The van der Waals surface area contributed by atoms with Crippen molar-refractivity contribution in [2.24, 2.45) is 5.92 Å². The fourth-order valence-corrected chi connectivity index (χ4v) is 2.79. The summed E-state index contributed by atoms with van der Waals surface area (Å²) in [5, 5.41) is 0. The lowest BCUT2D eigenvalue weighted by molar-refractivity contribution is 0.0967. The lowest BCUT2D eigenvalue weighted by Crippen LogP contribution is -2.03. The van der Waals surface area contributed by atoms with Crippen molar-refractivity contribution in [3.8, 4) is 0 Å². The first-order valence-corrected chi connectivity index (χ1v) is 6.49. The Morgan fingerprint density at radius 2 is 1.81 bits per heavy atom. The molecule has 1 heteroatoms. The van der Waals surface area contributed by atoms with Gasteiger partial charge in [0.2, 0.25) is 0 Å². The van der Waals surface area contributed by atoms with Crippen LogP contribution in [0.3, 0.4) is 0 Å². The van der Waals surface area contributed by atoms with Gasteiger partial charge in [-0.15, -0.1) is 0 Å². The van der Waals surface area contributed by atoms with Crippen LogP contribution < -0.4 is 0 Å². The summed E-state index contributed by atoms with van der Waals surface area (Å²) >= 11 is 0. The SMILES string of the molecule is O=C(c1cccc(C2CCCC2)c1)C1CC1. The first kappa shape index (κ1) is 10.1. The zero-order chi connectivity index (χ0) is 11.0. The Morgan fingerprint density at radius 3 is 2.50 bits per heavy atom. The van der Waals surface area contributed by atoms with Crippen molar-refractivity contribution >= 4 is 5.78 Å². The van der Waals surface area contributed by atoms with Crippen molar-refractivity contribution in [1.82, 2.24) is 0 Å². The number of Topliss-reactive ketones (excluding diaryl/α,β-unsaturated/α-hetero) is 1. The second-order valence-corrected chi connectivity index (χ2v) is 5.25. The molecule has 0 saturated heterocycles. The maximum Gasteiger partial charge on any atom is 0.165 e. The van der Waals surface area contributed by atoms with Crippen LogP contribution in [0, 0.1) is 5.92 Å². The number of ketones is 1. The third kappa shape index (κ3) is 1.91. The van der Waals surface area contributed by atoms with E-state index in [1.807, 2.05) is 6.07 Å². The molecule has 0 unspecified atom stereocenters. The van der Waals surface area contributed by atoms with Gasteiger partial charge in [0.05, 0.1) is 0 Å². The lowest BCUT2D eigenvalue weighted by atomic mass is 9.94. The van der Waals surface area contributed by atoms with Gasteiger partial charge in [-0.05, 0) is 43.2 Å². The van der Waals surface area contributed by atoms with E-state index in [2.05, 4.69) is 18.2 Å². The van der Waals surface area contributed by atoms with Gasteiger partial charge in [0.15, 0.2) is 5.78 Å². The second kappa shape index (κ2) is 4.04. The largest absolute Gasteiger partial charge is 0.294 e. The summed E-state index contributed by atoms with van der Waals surface area (Å²) in [6.07, 6.45) is 7.53. The molecule has 2 saturated carbocycles. The molecule has 84 valence electrons. The van der Waals surface area contributed by atoms with Crippen molar-refractivity contribution in [3.05, 3.63) is 35.4 Å². The molecule has 1 aromatic rings. The zero-order valence-corrected chi connectivity index (χ0v) is 9.61. The van der Waals surface area contributed by atoms with Crippen LogP contribution in [0.4, 0.5) is 0 Å². The van der Waals surface area contributed by atoms with Gasteiger partial charge in [0.1, 0.15) is 0 Å². The number of benzene rings is 1. The van der Waals surface area contributed by atoms with E-state index in [9.17, 15) is 4.79 Å². The predicted molar refractivity (Wildman–Crippen MR) is 64.7 cm³/mol. The highest BCUT2D eigenvalue weighted by molar-refractivity contribution is 5.99. The quantitative estimate of drug-likeness (QED) is 0.696. The molecule has 0 spiro atoms. The average molecular weight is 214 g/mol. The van der Waals surface area contributed by atoms with E-state index in [4.69, 9.17) is 0 Å². The molecule has 0 amide bonds. The normalized spacial score (nSPS) is 21.2. The van der Waals surface area contributed by atoms with Gasteiger partial charge < -0.3 is 0 Å². The van der Waals surface area contributed by atoms with Gasteiger partial charge in [0.25, 0.3) is 0 Å². The predicted octanol–water partition coefficient (Wildman–Crippen LogP) is 3.94. The van der Waals surface area contributed by atoms with E-state index in [0.717, 1.165) is 18.4 Å². The molecular formula is C15H18O. The van der Waals surface area contributed by atoms with E-state index in [-0.39, 0.29) is 0 Å². The van der Waals surface area contributed by atoms with E-state index in [1.165, 1.54) is 31.2 Å². The fraction of sp³-hybridized carbons (Fsp3) is 0.533. The molecule has 16 heavy (non-hydrogen) atoms. The summed E-state index contributed by atoms with van der Waals surface area (Å²) in [7, 11) is 0. The lowest BCUT2D eigenvalue weighted by Gasteiger charge is -2.10. The van der Waals surface area contributed by atoms with Crippen LogP contribution in [0.5, 0.6) is 0 Å². The molecule has 1 aromatic carbocycles. The second-order valence-electron chi connectivity index (χ2n) is 5.25. The van der Waals surface area contributed by atoms with Crippen LogP contribution in [0.15, 0.2) is 24.3 Å². The zero-order valence-electron chi connectivity index (χ0n) is 9.61. The molecule has 0 heterocycles. The third-order valence-electron chi connectivity index (χ3n) is 3.95. The van der Waals surface area contributed by atoms with Crippen LogP contribution >= 0.6 is 0 Å². The summed E-state index contributed by atoms with van der Waals surface area (Å²) in [6.45, 7) is 0. The maximum atomic E-state index is 12.0. The topological polar surface area (TPSA) is 17.1 Å². The van der Waals surface area contributed by atoms with Gasteiger partial charge in [-0.1, -0.05) is 31.0 Å². The number of hydrogen-bond acceptors (Lipinski definition) is 1. The van der Waals surface area contributed by atoms with Crippen LogP contribution in [0.2, 0.25) is 0 Å². The Balaban J connectivity index is 1.83. The molecule has 0 atom stereocenters. The number of carbonyl (C=O) groups is 1. The molecule has 2 aliphatic carbocycles. The Kier molecular flexibility index (Phi) is 2.55. The molecule has 2 fully saturated rings. The van der Waals surface area contributed by atoms with Crippen LogP contribution in [0.1, 0.15) is 60.4 Å². The summed E-state index contributed by atoms with van der Waals surface area (Å²) in [5.74, 6) is 1.44. The van der Waals surface area contributed by atoms with Gasteiger partial charge in [0, 0.05) is 11.5 Å². The number of hydrogen-bond donors (Lipinski definition) is 0. The summed E-state index contributed by atoms with van der Waals surface area (Å²) in [6, 6.07) is 8.39. The van der Waals surface area contributed by atoms with Crippen LogP contribution in [-0.4, -0.2) is 5.78 Å². The van der Waals surface area contributed by atoms with Crippen molar-refractivity contribution in [1.29, 1.82) is 0 Å². The minimum Gasteiger partial charge on any atom is -0.294 e. The highest BCUT2D eigenvalue weighted by atomic mass is 16.1. The van der Waals surface area contributed by atoms with E-state index < -0.39 is 0 Å². The maximum absolute atomic E-state index is 12.0. The van der Waals surface area contributed by atoms with E-state index in [0.29, 0.717) is 17.6 Å². The van der Waals surface area contributed by atoms with Crippen molar-refractivity contribution in [2.75, 3.05) is 0 Å². The first-order valence-electron chi connectivity index (χ1n) is 6.49. The Morgan fingerprint density at radius 1 is 1.06 bits per heavy atom. The Labute approximate surface area is 96.9 Å². The molecule has 1 nitrogen and oxygen atoms in total. The van der Waals surface area contributed by atoms with Gasteiger partial charge in [-0.3, -0.25) is 4.79 Å². The first-order chi connectivity index (χ1) is 7.84. The summed E-state index contributed by atoms with van der Waals surface area (Å²) in [5.41, 5.74) is 2.34. The van der Waals surface area contributed by atoms with Gasteiger partial charge in [-0.25, -0.2) is 0 Å². The smallest absolute Gasteiger partial charge is 0.165 e. The minimum atomic E-state index is 0.346. The van der Waals surface area contributed by atoms with Gasteiger partial charge in [-0.2, -0.15) is 0 Å². The van der Waals surface area contributed by atoms with E-state index in [1.54, 1.807) is 0 Å². The molecule has 2 aliphatic rings. The fourth-order valence-electron chi connectivity index (χ4n) is 2.79. The average Bonchev–Trinajstić information content (AvgIpc) is 3.03. The van der Waals surface area contributed by atoms with Crippen molar-refractivity contribution < 1.29 is 4.79 Å². The molecule has 3 rings (SSSR count). The highest BCUT2D eigenvalue weighted by Gasteiger charge is 2.30. The van der Waals surface area contributed by atoms with Gasteiger partial charge >= 0.3 is 0 Å². The van der Waals surface area contributed by atoms with Crippen molar-refractivity contribution in [3.63, 3.8) is 0 Å². The molecule has 0 aromatic heterocycles. The third-order valence-corrected chi connectivity index (χ3v) is 3.95. The Bertz CT molecular complexity index is 398. The molecule has 0 N–H and O–H groups in total. The van der Waals surface area contributed by atoms with Crippen molar-refractivity contribution in [2.45, 2.75) is 44.4 Å². The highest BCUT2D eigenvalue weighted by Crippen LogP contribution is 2.36. The molecular weight excluding hydrogens is 196 g/mol. The molecule has 0 bridgehead atoms. The van der Waals surface area contributed by atoms with Crippen LogP contribution in [0.25, 0.3) is 0 Å². The number of rotatable bonds is 3. The molecule has 0 aliphatic heterocycles. The van der Waals surface area contributed by atoms with Crippen LogP contribution in [-0.2, 0) is 0 Å². The monoisotopic (exact) mass is 214 g/mol. The summed E-state index contributed by atoms with van der Waals surface area (Å²) in [4.78, 5) is 12.0. The Hall–Kier alpha value is -1.11. The summed E-state index contributed by atoms with van der Waals surface area (Å²) < 4.78 is 0. The standard InChI is InChI=1S/C15H18O/c16-15(12-8-9-12)14-7-3-6-13(10-14)11-4-1-2-5-11/h3,6-7,10-12H,1-2,4-5,8-9H2.